The first-order valence-corrected chi connectivity index (χ1v) is 6.41. The van der Waals surface area contributed by atoms with Crippen molar-refractivity contribution in [2.75, 3.05) is 6.61 Å². The van der Waals surface area contributed by atoms with Crippen LogP contribution in [0, 0.1) is 22.7 Å². The van der Waals surface area contributed by atoms with Gasteiger partial charge >= 0.3 is 0 Å². The van der Waals surface area contributed by atoms with Crippen molar-refractivity contribution in [1.29, 1.82) is 0 Å². The van der Waals surface area contributed by atoms with Crippen molar-refractivity contribution in [3.63, 3.8) is 0 Å². The normalized spacial score (nSPS) is 38.2. The Morgan fingerprint density at radius 2 is 1.53 bits per heavy atom. The molecule has 0 aromatic carbocycles. The molecule has 0 spiro atoms. The van der Waals surface area contributed by atoms with Crippen molar-refractivity contribution in [1.82, 2.24) is 0 Å². The van der Waals surface area contributed by atoms with Gasteiger partial charge in [0.1, 0.15) is 0 Å². The fourth-order valence-corrected chi connectivity index (χ4v) is 4.10. The number of rotatable bonds is 3. The van der Waals surface area contributed by atoms with E-state index < -0.39 is 0 Å². The maximum atomic E-state index is 6.00. The van der Waals surface area contributed by atoms with E-state index in [2.05, 4.69) is 48.5 Å². The second-order valence-electron chi connectivity index (χ2n) is 6.27. The molecule has 1 fully saturated rings. The Kier molecular flexibility index (Phi) is 3.55. The van der Waals surface area contributed by atoms with E-state index in [0.717, 1.165) is 12.5 Å². The summed E-state index contributed by atoms with van der Waals surface area (Å²) < 4.78 is 6.00. The second-order valence-corrected chi connectivity index (χ2v) is 6.27. The van der Waals surface area contributed by atoms with Gasteiger partial charge in [0, 0.05) is 6.61 Å². The third-order valence-corrected chi connectivity index (χ3v) is 4.91. The van der Waals surface area contributed by atoms with E-state index in [1.54, 1.807) is 0 Å². The van der Waals surface area contributed by atoms with Gasteiger partial charge in [-0.2, -0.15) is 0 Å². The monoisotopic (exact) mass is 212 g/mol. The molecule has 0 N–H and O–H groups in total. The Morgan fingerprint density at radius 3 is 1.87 bits per heavy atom. The van der Waals surface area contributed by atoms with Crippen LogP contribution in [0.2, 0.25) is 0 Å². The number of hydrogen-bond acceptors (Lipinski definition) is 1. The first-order valence-electron chi connectivity index (χ1n) is 6.41. The molecule has 3 atom stereocenters. The summed E-state index contributed by atoms with van der Waals surface area (Å²) in [5.41, 5.74) is 0.714. The van der Waals surface area contributed by atoms with Crippen molar-refractivity contribution < 1.29 is 4.74 Å². The van der Waals surface area contributed by atoms with Crippen LogP contribution in [0.25, 0.3) is 0 Å². The highest BCUT2D eigenvalue weighted by atomic mass is 16.5. The highest BCUT2D eigenvalue weighted by molar-refractivity contribution is 5.05. The predicted molar refractivity (Wildman–Crippen MR) is 65.9 cm³/mol. The zero-order valence-electron chi connectivity index (χ0n) is 11.6. The maximum absolute atomic E-state index is 6.00. The summed E-state index contributed by atoms with van der Waals surface area (Å²) in [6.45, 7) is 17.2. The highest BCUT2D eigenvalue weighted by Gasteiger charge is 2.57. The lowest BCUT2D eigenvalue weighted by Gasteiger charge is -2.36. The molecule has 0 saturated heterocycles. The zero-order valence-corrected chi connectivity index (χ0v) is 11.6. The lowest BCUT2D eigenvalue weighted by molar-refractivity contribution is -0.0328. The molecule has 0 bridgehead atoms. The summed E-state index contributed by atoms with van der Waals surface area (Å²) in [6, 6.07) is 0. The number of ether oxygens (including phenoxy) is 1. The summed E-state index contributed by atoms with van der Waals surface area (Å²) in [6.07, 6.45) is 1.68. The Morgan fingerprint density at radius 1 is 1.00 bits per heavy atom. The average molecular weight is 212 g/mol. The lowest BCUT2D eigenvalue weighted by Crippen LogP contribution is -2.33. The molecule has 0 aromatic heterocycles. The molecule has 0 heterocycles. The van der Waals surface area contributed by atoms with Gasteiger partial charge < -0.3 is 4.74 Å². The minimum atomic E-state index is 0.313. The molecule has 90 valence electrons. The smallest absolute Gasteiger partial charge is 0.0659 e. The topological polar surface area (TPSA) is 9.23 Å². The van der Waals surface area contributed by atoms with Crippen molar-refractivity contribution in [3.05, 3.63) is 0 Å². The Labute approximate surface area is 95.6 Å². The molecule has 3 unspecified atom stereocenters. The first-order chi connectivity index (χ1) is 6.80. The lowest BCUT2D eigenvalue weighted by atomic mass is 9.69. The molecule has 15 heavy (non-hydrogen) atoms. The van der Waals surface area contributed by atoms with E-state index >= 15 is 0 Å². The molecule has 0 radical (unpaired) electrons. The van der Waals surface area contributed by atoms with Crippen LogP contribution in [0.15, 0.2) is 0 Å². The minimum Gasteiger partial charge on any atom is -0.378 e. The van der Waals surface area contributed by atoms with Gasteiger partial charge in [-0.1, -0.05) is 48.0 Å². The van der Waals surface area contributed by atoms with E-state index in [1.807, 2.05) is 0 Å². The summed E-state index contributed by atoms with van der Waals surface area (Å²) in [4.78, 5) is 0. The molecule has 1 rings (SSSR count). The van der Waals surface area contributed by atoms with E-state index in [4.69, 9.17) is 4.74 Å². The van der Waals surface area contributed by atoms with Gasteiger partial charge in [0.15, 0.2) is 0 Å². The van der Waals surface area contributed by atoms with Crippen molar-refractivity contribution in [2.24, 2.45) is 22.7 Å². The zero-order chi connectivity index (χ0) is 11.9. The largest absolute Gasteiger partial charge is 0.378 e. The molecule has 1 aliphatic carbocycles. The van der Waals surface area contributed by atoms with Crippen LogP contribution in [0.3, 0.4) is 0 Å². The molecule has 1 aliphatic rings. The van der Waals surface area contributed by atoms with E-state index in [0.29, 0.717) is 22.9 Å². The fourth-order valence-electron chi connectivity index (χ4n) is 4.10. The molecular weight excluding hydrogens is 184 g/mol. The first kappa shape index (κ1) is 13.0. The summed E-state index contributed by atoms with van der Waals surface area (Å²) in [5.74, 6) is 1.41. The molecule has 1 heteroatoms. The molecule has 1 saturated carbocycles. The van der Waals surface area contributed by atoms with Crippen LogP contribution >= 0.6 is 0 Å². The second kappa shape index (κ2) is 4.08. The minimum absolute atomic E-state index is 0.313. The maximum Gasteiger partial charge on any atom is 0.0659 e. The molecule has 0 aromatic rings. The van der Waals surface area contributed by atoms with Gasteiger partial charge in [0.05, 0.1) is 6.10 Å². The predicted octanol–water partition coefficient (Wildman–Crippen LogP) is 4.12. The molecule has 1 nitrogen and oxygen atoms in total. The Balaban J connectivity index is 3.02. The summed E-state index contributed by atoms with van der Waals surface area (Å²) in [7, 11) is 0. The van der Waals surface area contributed by atoms with Crippen molar-refractivity contribution >= 4 is 0 Å². The molecule has 0 amide bonds. The van der Waals surface area contributed by atoms with Crippen LogP contribution < -0.4 is 0 Å². The molecule has 0 aliphatic heterocycles. The van der Waals surface area contributed by atoms with Gasteiger partial charge in [0.2, 0.25) is 0 Å². The fraction of sp³-hybridized carbons (Fsp3) is 1.00. The van der Waals surface area contributed by atoms with E-state index in [-0.39, 0.29) is 0 Å². The third kappa shape index (κ3) is 1.84. The van der Waals surface area contributed by atoms with Gasteiger partial charge in [-0.15, -0.1) is 0 Å². The van der Waals surface area contributed by atoms with Crippen LogP contribution in [-0.2, 0) is 4.74 Å². The SMILES string of the molecule is CCOC1C(C)C(C)(C)C(CC)C1(C)C. The Hall–Kier alpha value is -0.0400. The van der Waals surface area contributed by atoms with Crippen LogP contribution in [0.5, 0.6) is 0 Å². The summed E-state index contributed by atoms with van der Waals surface area (Å²) >= 11 is 0. The Bertz CT molecular complexity index is 217. The van der Waals surface area contributed by atoms with Gasteiger partial charge in [-0.05, 0) is 29.6 Å². The van der Waals surface area contributed by atoms with Gasteiger partial charge in [-0.25, -0.2) is 0 Å². The number of hydrogen-bond donors (Lipinski definition) is 0. The molecular formula is C14H28O. The van der Waals surface area contributed by atoms with E-state index in [9.17, 15) is 0 Å². The van der Waals surface area contributed by atoms with Gasteiger partial charge in [0.25, 0.3) is 0 Å². The van der Waals surface area contributed by atoms with Crippen LogP contribution in [-0.4, -0.2) is 12.7 Å². The van der Waals surface area contributed by atoms with Crippen molar-refractivity contribution in [3.8, 4) is 0 Å². The highest BCUT2D eigenvalue weighted by Crippen LogP contribution is 2.59. The third-order valence-electron chi connectivity index (χ3n) is 4.91. The van der Waals surface area contributed by atoms with Crippen LogP contribution in [0.1, 0.15) is 54.9 Å². The van der Waals surface area contributed by atoms with E-state index in [1.165, 1.54) is 6.42 Å². The summed E-state index contributed by atoms with van der Waals surface area (Å²) in [5, 5.41) is 0. The van der Waals surface area contributed by atoms with Crippen LogP contribution in [0.4, 0.5) is 0 Å². The van der Waals surface area contributed by atoms with Crippen molar-refractivity contribution in [2.45, 2.75) is 61.0 Å². The average Bonchev–Trinajstić information content (AvgIpc) is 2.23. The quantitative estimate of drug-likeness (QED) is 0.684. The van der Waals surface area contributed by atoms with Gasteiger partial charge in [-0.3, -0.25) is 0 Å². The standard InChI is InChI=1S/C14H28O/c1-8-11-13(4,5)10(3)12(15-9-2)14(11,6)7/h10-12H,8-9H2,1-7H3.